The highest BCUT2D eigenvalue weighted by Crippen LogP contribution is 1.93. The quantitative estimate of drug-likeness (QED) is 0.439. The molecule has 0 amide bonds. The Balaban J connectivity index is 3.64. The van der Waals surface area contributed by atoms with Gasteiger partial charge in [-0.15, -0.1) is 0 Å². The number of allylic oxidation sites excluding steroid dienone is 2. The lowest BCUT2D eigenvalue weighted by molar-refractivity contribution is 0.539. The second kappa shape index (κ2) is 4.47. The van der Waals surface area contributed by atoms with Crippen LogP contribution in [-0.2, 0) is 11.1 Å². The minimum atomic E-state index is -2.00. The first-order valence-corrected chi connectivity index (χ1v) is 3.77. The fourth-order valence-corrected chi connectivity index (χ4v) is 0.834. The maximum Gasteiger partial charge on any atom is 0.0347 e. The molecular weight excluding hydrogens is 136 g/mol. The van der Waals surface area contributed by atoms with Crippen LogP contribution in [0.4, 0.5) is 0 Å². The summed E-state index contributed by atoms with van der Waals surface area (Å²) in [7, 11) is 0. The highest BCUT2D eigenvalue weighted by atomic mass is 32.2. The van der Waals surface area contributed by atoms with E-state index < -0.39 is 11.1 Å². The molecule has 2 nitrogen and oxygen atoms in total. The maximum atomic E-state index is 9.99. The fourth-order valence-electron chi connectivity index (χ4n) is 0.435. The maximum absolute atomic E-state index is 9.99. The molecule has 0 aliphatic rings. The van der Waals surface area contributed by atoms with Crippen LogP contribution in [0.25, 0.3) is 0 Å². The normalized spacial score (nSPS) is 14.0. The van der Waals surface area contributed by atoms with Crippen molar-refractivity contribution in [3.05, 3.63) is 24.3 Å². The first-order valence-electron chi connectivity index (χ1n) is 2.53. The molecule has 0 aromatic rings. The van der Waals surface area contributed by atoms with Crippen LogP contribution in [0, 0.1) is 0 Å². The minimum Gasteiger partial charge on any atom is -0.772 e. The average Bonchev–Trinajstić information content (AvgIpc) is 1.63. The van der Waals surface area contributed by atoms with Gasteiger partial charge in [0.2, 0.25) is 0 Å². The SMILES string of the molecule is C=C(C=CC)CS(=O)[O-]. The Bertz CT molecular complexity index is 149. The van der Waals surface area contributed by atoms with Gasteiger partial charge in [0.25, 0.3) is 0 Å². The van der Waals surface area contributed by atoms with Gasteiger partial charge in [-0.3, -0.25) is 4.21 Å². The monoisotopic (exact) mass is 145 g/mol. The molecule has 3 heteroatoms. The first-order chi connectivity index (χ1) is 4.16. The van der Waals surface area contributed by atoms with Crippen molar-refractivity contribution >= 4 is 11.1 Å². The van der Waals surface area contributed by atoms with Gasteiger partial charge in [-0.1, -0.05) is 29.8 Å². The molecule has 0 radical (unpaired) electrons. The molecule has 9 heavy (non-hydrogen) atoms. The number of hydrogen-bond donors (Lipinski definition) is 0. The molecule has 0 heterocycles. The van der Waals surface area contributed by atoms with Crippen LogP contribution in [0.2, 0.25) is 0 Å². The molecule has 0 saturated carbocycles. The van der Waals surface area contributed by atoms with Gasteiger partial charge in [-0.2, -0.15) is 0 Å². The van der Waals surface area contributed by atoms with Crippen molar-refractivity contribution in [3.8, 4) is 0 Å². The summed E-state index contributed by atoms with van der Waals surface area (Å²) in [6, 6.07) is 0. The molecule has 0 N–H and O–H groups in total. The van der Waals surface area contributed by atoms with Gasteiger partial charge >= 0.3 is 0 Å². The third-order valence-corrected chi connectivity index (χ3v) is 1.31. The average molecular weight is 145 g/mol. The van der Waals surface area contributed by atoms with E-state index in [4.69, 9.17) is 0 Å². The summed E-state index contributed by atoms with van der Waals surface area (Å²) in [6.45, 7) is 5.32. The van der Waals surface area contributed by atoms with E-state index >= 15 is 0 Å². The lowest BCUT2D eigenvalue weighted by Crippen LogP contribution is -1.95. The first kappa shape index (κ1) is 8.59. The Morgan fingerprint density at radius 1 is 1.89 bits per heavy atom. The van der Waals surface area contributed by atoms with Gasteiger partial charge < -0.3 is 4.55 Å². The van der Waals surface area contributed by atoms with Gasteiger partial charge in [-0.05, 0) is 12.5 Å². The minimum absolute atomic E-state index is 0.0321. The summed E-state index contributed by atoms with van der Waals surface area (Å²) in [4.78, 5) is 0. The van der Waals surface area contributed by atoms with Gasteiger partial charge in [0.15, 0.2) is 0 Å². The smallest absolute Gasteiger partial charge is 0.0347 e. The third-order valence-electron chi connectivity index (χ3n) is 0.706. The van der Waals surface area contributed by atoms with Crippen LogP contribution in [0.5, 0.6) is 0 Å². The topological polar surface area (TPSA) is 40.1 Å². The van der Waals surface area contributed by atoms with Crippen LogP contribution in [-0.4, -0.2) is 14.5 Å². The Morgan fingerprint density at radius 3 is 2.78 bits per heavy atom. The largest absolute Gasteiger partial charge is 0.772 e. The van der Waals surface area contributed by atoms with Crippen molar-refractivity contribution in [2.45, 2.75) is 6.92 Å². The zero-order valence-electron chi connectivity index (χ0n) is 5.29. The summed E-state index contributed by atoms with van der Waals surface area (Å²) in [5, 5.41) is 0. The fraction of sp³-hybridized carbons (Fsp3) is 0.333. The summed E-state index contributed by atoms with van der Waals surface area (Å²) >= 11 is -2.00. The molecule has 0 aromatic carbocycles. The van der Waals surface area contributed by atoms with E-state index in [9.17, 15) is 8.76 Å². The van der Waals surface area contributed by atoms with E-state index in [1.54, 1.807) is 12.2 Å². The molecule has 0 spiro atoms. The van der Waals surface area contributed by atoms with Crippen molar-refractivity contribution in [3.63, 3.8) is 0 Å². The number of hydrogen-bond acceptors (Lipinski definition) is 2. The summed E-state index contributed by atoms with van der Waals surface area (Å²) in [5.41, 5.74) is 0.617. The lowest BCUT2D eigenvalue weighted by atomic mass is 10.3. The predicted octanol–water partition coefficient (Wildman–Crippen LogP) is 0.998. The Morgan fingerprint density at radius 2 is 2.44 bits per heavy atom. The molecule has 0 fully saturated rings. The molecule has 0 saturated heterocycles. The molecule has 1 unspecified atom stereocenters. The molecule has 0 aliphatic carbocycles. The van der Waals surface area contributed by atoms with E-state index in [0.29, 0.717) is 5.57 Å². The van der Waals surface area contributed by atoms with Crippen molar-refractivity contribution < 1.29 is 8.76 Å². The second-order valence-electron chi connectivity index (χ2n) is 1.61. The molecule has 0 rings (SSSR count). The highest BCUT2D eigenvalue weighted by molar-refractivity contribution is 7.79. The standard InChI is InChI=1S/C6H10O2S/c1-3-4-6(2)5-9(7)8/h3-4H,2,5H2,1H3,(H,7,8)/p-1. The molecule has 0 aromatic heterocycles. The Hall–Kier alpha value is -0.410. The lowest BCUT2D eigenvalue weighted by Gasteiger charge is -2.02. The Labute approximate surface area is 57.6 Å². The summed E-state index contributed by atoms with van der Waals surface area (Å²) in [6.07, 6.45) is 3.44. The van der Waals surface area contributed by atoms with Gasteiger partial charge in [0.05, 0.1) is 0 Å². The van der Waals surface area contributed by atoms with Crippen LogP contribution in [0.15, 0.2) is 24.3 Å². The van der Waals surface area contributed by atoms with Crippen molar-refractivity contribution in [2.24, 2.45) is 0 Å². The van der Waals surface area contributed by atoms with Crippen molar-refractivity contribution in [1.29, 1.82) is 0 Å². The van der Waals surface area contributed by atoms with E-state index in [2.05, 4.69) is 6.58 Å². The molecule has 52 valence electrons. The molecule has 1 atom stereocenters. The van der Waals surface area contributed by atoms with Crippen LogP contribution in [0.3, 0.4) is 0 Å². The van der Waals surface area contributed by atoms with Crippen molar-refractivity contribution in [1.82, 2.24) is 0 Å². The predicted molar refractivity (Wildman–Crippen MR) is 37.7 cm³/mol. The van der Waals surface area contributed by atoms with Crippen LogP contribution < -0.4 is 0 Å². The van der Waals surface area contributed by atoms with Gasteiger partial charge in [0, 0.05) is 5.75 Å². The van der Waals surface area contributed by atoms with Crippen LogP contribution in [0.1, 0.15) is 6.92 Å². The van der Waals surface area contributed by atoms with E-state index in [-0.39, 0.29) is 5.75 Å². The third kappa shape index (κ3) is 5.46. The molecule has 0 bridgehead atoms. The van der Waals surface area contributed by atoms with Gasteiger partial charge in [-0.25, -0.2) is 0 Å². The van der Waals surface area contributed by atoms with E-state index in [1.165, 1.54) is 0 Å². The zero-order chi connectivity index (χ0) is 7.28. The van der Waals surface area contributed by atoms with Crippen molar-refractivity contribution in [2.75, 3.05) is 5.75 Å². The van der Waals surface area contributed by atoms with Gasteiger partial charge in [0.1, 0.15) is 0 Å². The Kier molecular flexibility index (Phi) is 4.26. The van der Waals surface area contributed by atoms with E-state index in [1.807, 2.05) is 6.92 Å². The molecule has 0 aliphatic heterocycles. The van der Waals surface area contributed by atoms with E-state index in [0.717, 1.165) is 0 Å². The summed E-state index contributed by atoms with van der Waals surface area (Å²) in [5.74, 6) is 0.0321. The second-order valence-corrected chi connectivity index (χ2v) is 2.50. The van der Waals surface area contributed by atoms with Crippen LogP contribution >= 0.6 is 0 Å². The number of rotatable bonds is 3. The highest BCUT2D eigenvalue weighted by Gasteiger charge is 1.84. The zero-order valence-corrected chi connectivity index (χ0v) is 6.11. The molecular formula is C6H9O2S-. The summed E-state index contributed by atoms with van der Waals surface area (Å²) < 4.78 is 20.0.